The number of morpholine rings is 1. The van der Waals surface area contributed by atoms with E-state index in [1.807, 2.05) is 97.1 Å². The molecule has 44 heavy (non-hydrogen) atoms. The lowest BCUT2D eigenvalue weighted by Crippen LogP contribution is -2.38. The Morgan fingerprint density at radius 3 is 1.80 bits per heavy atom. The molecule has 0 atom stereocenters. The number of halogens is 3. The average molecular weight is 591 g/mol. The first-order chi connectivity index (χ1) is 21.5. The predicted molar refractivity (Wildman–Crippen MR) is 166 cm³/mol. The first-order valence-corrected chi connectivity index (χ1v) is 14.5. The number of anilines is 1. The standard InChI is InChI=1S/C36H29F3N4O/c37-36(38,39)34-31(26-16-17-32-30(24-26)33(18-19-40-32)42-20-22-44-23-21-42)25-43(41-34)35(27-10-4-1-5-11-27,28-12-6-2-7-13-28)29-14-8-3-9-15-29/h1-19,24-25H,20-23H2. The van der Waals surface area contributed by atoms with Crippen molar-refractivity contribution in [1.29, 1.82) is 0 Å². The fraction of sp³-hybridized carbons (Fsp3) is 0.167. The summed E-state index contributed by atoms with van der Waals surface area (Å²) < 4.78 is 51.8. The maximum absolute atomic E-state index is 14.9. The molecule has 3 heterocycles. The summed E-state index contributed by atoms with van der Waals surface area (Å²) in [6.45, 7) is 2.58. The monoisotopic (exact) mass is 590 g/mol. The average Bonchev–Trinajstić information content (AvgIpc) is 3.53. The second-order valence-corrected chi connectivity index (χ2v) is 10.8. The predicted octanol–water partition coefficient (Wildman–Crippen LogP) is 7.79. The van der Waals surface area contributed by atoms with Crippen LogP contribution in [0.2, 0.25) is 0 Å². The molecule has 220 valence electrons. The summed E-state index contributed by atoms with van der Waals surface area (Å²) >= 11 is 0. The number of hydrogen-bond donors (Lipinski definition) is 0. The van der Waals surface area contributed by atoms with Crippen molar-refractivity contribution in [2.45, 2.75) is 11.7 Å². The van der Waals surface area contributed by atoms with Crippen molar-refractivity contribution in [2.24, 2.45) is 0 Å². The van der Waals surface area contributed by atoms with Crippen LogP contribution in [0.25, 0.3) is 22.0 Å². The molecule has 0 saturated carbocycles. The highest BCUT2D eigenvalue weighted by atomic mass is 19.4. The quantitative estimate of drug-likeness (QED) is 0.186. The van der Waals surface area contributed by atoms with E-state index < -0.39 is 17.4 Å². The second-order valence-electron chi connectivity index (χ2n) is 10.8. The number of ether oxygens (including phenoxy) is 1. The fourth-order valence-electron chi connectivity index (χ4n) is 6.28. The maximum Gasteiger partial charge on any atom is 0.435 e. The van der Waals surface area contributed by atoms with Crippen molar-refractivity contribution in [3.63, 3.8) is 0 Å². The van der Waals surface area contributed by atoms with Gasteiger partial charge >= 0.3 is 6.18 Å². The molecule has 6 aromatic rings. The molecular formula is C36H29F3N4O. The van der Waals surface area contributed by atoms with E-state index in [-0.39, 0.29) is 5.56 Å². The summed E-state index contributed by atoms with van der Waals surface area (Å²) in [7, 11) is 0. The zero-order valence-corrected chi connectivity index (χ0v) is 23.8. The number of aromatic nitrogens is 3. The lowest BCUT2D eigenvalue weighted by Gasteiger charge is -2.36. The molecule has 1 aliphatic heterocycles. The van der Waals surface area contributed by atoms with Gasteiger partial charge in [0.2, 0.25) is 0 Å². The molecule has 4 aromatic carbocycles. The molecule has 0 unspecified atom stereocenters. The summed E-state index contributed by atoms with van der Waals surface area (Å²) in [5, 5.41) is 5.19. The van der Waals surface area contributed by atoms with Crippen molar-refractivity contribution < 1.29 is 17.9 Å². The van der Waals surface area contributed by atoms with Crippen LogP contribution in [0.5, 0.6) is 0 Å². The highest BCUT2D eigenvalue weighted by Gasteiger charge is 2.44. The number of benzene rings is 4. The van der Waals surface area contributed by atoms with Gasteiger partial charge in [-0.05, 0) is 40.5 Å². The zero-order valence-electron chi connectivity index (χ0n) is 23.8. The van der Waals surface area contributed by atoms with E-state index in [4.69, 9.17) is 4.74 Å². The van der Waals surface area contributed by atoms with Crippen LogP contribution in [0, 0.1) is 0 Å². The number of fused-ring (bicyclic) bond motifs is 1. The molecule has 1 fully saturated rings. The summed E-state index contributed by atoms with van der Waals surface area (Å²) in [6.07, 6.45) is -1.42. The molecule has 2 aromatic heterocycles. The van der Waals surface area contributed by atoms with Gasteiger partial charge in [0.15, 0.2) is 5.69 Å². The highest BCUT2D eigenvalue weighted by Crippen LogP contribution is 2.44. The van der Waals surface area contributed by atoms with E-state index in [1.54, 1.807) is 30.6 Å². The minimum absolute atomic E-state index is 0.00310. The molecule has 0 N–H and O–H groups in total. The third-order valence-electron chi connectivity index (χ3n) is 8.28. The molecule has 0 amide bonds. The third-order valence-corrected chi connectivity index (χ3v) is 8.28. The van der Waals surface area contributed by atoms with Gasteiger partial charge in [-0.15, -0.1) is 0 Å². The van der Waals surface area contributed by atoms with Crippen LogP contribution in [-0.4, -0.2) is 41.1 Å². The van der Waals surface area contributed by atoms with Gasteiger partial charge in [-0.2, -0.15) is 18.3 Å². The topological polar surface area (TPSA) is 43.2 Å². The minimum atomic E-state index is -4.70. The highest BCUT2D eigenvalue weighted by molar-refractivity contribution is 5.95. The molecule has 1 saturated heterocycles. The number of hydrogen-bond acceptors (Lipinski definition) is 4. The molecule has 0 bridgehead atoms. The largest absolute Gasteiger partial charge is 0.435 e. The van der Waals surface area contributed by atoms with Crippen LogP contribution in [0.3, 0.4) is 0 Å². The summed E-state index contributed by atoms with van der Waals surface area (Å²) in [4.78, 5) is 6.70. The fourth-order valence-corrected chi connectivity index (χ4v) is 6.28. The summed E-state index contributed by atoms with van der Waals surface area (Å²) in [5.74, 6) is 0. The van der Waals surface area contributed by atoms with Gasteiger partial charge in [0.25, 0.3) is 0 Å². The molecule has 5 nitrogen and oxygen atoms in total. The van der Waals surface area contributed by atoms with Gasteiger partial charge in [-0.3, -0.25) is 9.67 Å². The lowest BCUT2D eigenvalue weighted by atomic mass is 9.77. The molecular weight excluding hydrogens is 561 g/mol. The Labute approximate surface area is 253 Å². The van der Waals surface area contributed by atoms with Gasteiger partial charge in [0.1, 0.15) is 5.54 Å². The van der Waals surface area contributed by atoms with Gasteiger partial charge < -0.3 is 9.64 Å². The number of rotatable bonds is 6. The molecule has 1 aliphatic rings. The summed E-state index contributed by atoms with van der Waals surface area (Å²) in [6, 6.07) is 35.9. The van der Waals surface area contributed by atoms with Crippen LogP contribution in [0.4, 0.5) is 18.9 Å². The Morgan fingerprint density at radius 1 is 0.682 bits per heavy atom. The third kappa shape index (κ3) is 4.81. The maximum atomic E-state index is 14.9. The van der Waals surface area contributed by atoms with Gasteiger partial charge in [0.05, 0.1) is 18.7 Å². The van der Waals surface area contributed by atoms with E-state index >= 15 is 0 Å². The Bertz CT molecular complexity index is 1790. The van der Waals surface area contributed by atoms with E-state index in [9.17, 15) is 13.2 Å². The first kappa shape index (κ1) is 27.9. The van der Waals surface area contributed by atoms with E-state index in [1.165, 1.54) is 4.68 Å². The Kier molecular flexibility index (Phi) is 7.14. The SMILES string of the molecule is FC(F)(F)c1nn(C(c2ccccc2)(c2ccccc2)c2ccccc2)cc1-c1ccc2nccc(N3CCOCC3)c2c1. The molecule has 7 rings (SSSR count). The normalized spacial score (nSPS) is 14.2. The summed E-state index contributed by atoms with van der Waals surface area (Å²) in [5.41, 5.74) is 2.30. The van der Waals surface area contributed by atoms with Crippen LogP contribution in [0.15, 0.2) is 128 Å². The lowest BCUT2D eigenvalue weighted by molar-refractivity contribution is -0.141. The van der Waals surface area contributed by atoms with Crippen molar-refractivity contribution in [3.05, 3.63) is 150 Å². The van der Waals surface area contributed by atoms with Gasteiger partial charge in [-0.1, -0.05) is 97.1 Å². The minimum Gasteiger partial charge on any atom is -0.378 e. The second kappa shape index (κ2) is 11.3. The molecule has 0 aliphatic carbocycles. The van der Waals surface area contributed by atoms with Crippen LogP contribution in [-0.2, 0) is 16.5 Å². The van der Waals surface area contributed by atoms with Crippen molar-refractivity contribution in [3.8, 4) is 11.1 Å². The van der Waals surface area contributed by atoms with Crippen LogP contribution < -0.4 is 4.90 Å². The Balaban J connectivity index is 1.50. The number of nitrogens with zero attached hydrogens (tertiary/aromatic N) is 4. The Hall–Kier alpha value is -4.95. The van der Waals surface area contributed by atoms with E-state index in [0.29, 0.717) is 37.4 Å². The van der Waals surface area contributed by atoms with Crippen molar-refractivity contribution in [2.75, 3.05) is 31.2 Å². The van der Waals surface area contributed by atoms with E-state index in [0.717, 1.165) is 27.8 Å². The number of alkyl halides is 3. The van der Waals surface area contributed by atoms with Crippen LogP contribution >= 0.6 is 0 Å². The first-order valence-electron chi connectivity index (χ1n) is 14.5. The van der Waals surface area contributed by atoms with E-state index in [2.05, 4.69) is 15.0 Å². The van der Waals surface area contributed by atoms with Crippen molar-refractivity contribution >= 4 is 16.6 Å². The Morgan fingerprint density at radius 2 is 1.25 bits per heavy atom. The molecule has 0 spiro atoms. The smallest absolute Gasteiger partial charge is 0.378 e. The van der Waals surface area contributed by atoms with Gasteiger partial charge in [-0.25, -0.2) is 0 Å². The zero-order chi connectivity index (χ0) is 30.1. The van der Waals surface area contributed by atoms with Gasteiger partial charge in [0, 0.05) is 42.1 Å². The molecule has 0 radical (unpaired) electrons. The number of pyridine rings is 1. The molecule has 8 heteroatoms. The van der Waals surface area contributed by atoms with Crippen LogP contribution in [0.1, 0.15) is 22.4 Å². The van der Waals surface area contributed by atoms with Crippen molar-refractivity contribution in [1.82, 2.24) is 14.8 Å².